The second-order valence-electron chi connectivity index (χ2n) is 3.67. The zero-order chi connectivity index (χ0) is 12.7. The van der Waals surface area contributed by atoms with Gasteiger partial charge in [0.1, 0.15) is 0 Å². The van der Waals surface area contributed by atoms with E-state index in [0.717, 1.165) is 5.56 Å². The Morgan fingerprint density at radius 2 is 2.06 bits per heavy atom. The molecule has 0 aliphatic carbocycles. The molecule has 0 aliphatic rings. The summed E-state index contributed by atoms with van der Waals surface area (Å²) in [5.41, 5.74) is 1.50. The molecule has 5 nitrogen and oxygen atoms in total. The Bertz CT molecular complexity index is 409. The van der Waals surface area contributed by atoms with Crippen LogP contribution >= 0.6 is 0 Å². The van der Waals surface area contributed by atoms with E-state index in [-0.39, 0.29) is 12.6 Å². The maximum Gasteiger partial charge on any atom is 0.404 e. The second kappa shape index (κ2) is 6.51. The monoisotopic (exact) mass is 234 g/mol. The predicted molar refractivity (Wildman–Crippen MR) is 61.5 cm³/mol. The Hall–Kier alpha value is -2.06. The molecule has 0 radical (unpaired) electrons. The molecule has 3 N–H and O–H groups in total. The van der Waals surface area contributed by atoms with Gasteiger partial charge in [0, 0.05) is 12.6 Å². The molecule has 1 aromatic carbocycles. The Kier molecular flexibility index (Phi) is 4.98. The lowest BCUT2D eigenvalue weighted by Crippen LogP contribution is -2.36. The highest BCUT2D eigenvalue weighted by atomic mass is 16.4. The average Bonchev–Trinajstić information content (AvgIpc) is 2.29. The van der Waals surface area contributed by atoms with Gasteiger partial charge in [-0.2, -0.15) is 5.26 Å². The van der Waals surface area contributed by atoms with E-state index < -0.39 is 6.09 Å². The summed E-state index contributed by atoms with van der Waals surface area (Å²) in [5.74, 6) is 0. The quantitative estimate of drug-likeness (QED) is 0.711. The Morgan fingerprint density at radius 3 is 2.53 bits per heavy atom. The average molecular weight is 234 g/mol. The lowest BCUT2D eigenvalue weighted by Gasteiger charge is -2.15. The standard InChI is InChI=1S/C12H14N2O3/c13-8-10-3-1-9(2-4-10)7-11(5-6-15)14-12(16)17/h1-4,11,14-15H,5-7H2,(H,16,17). The predicted octanol–water partition coefficient (Wildman–Crippen LogP) is 1.12. The SMILES string of the molecule is N#Cc1ccc(CC(CCO)NC(=O)O)cc1. The van der Waals surface area contributed by atoms with Gasteiger partial charge in [-0.1, -0.05) is 12.1 Å². The Labute approximate surface area is 99.3 Å². The fourth-order valence-corrected chi connectivity index (χ4v) is 1.56. The van der Waals surface area contributed by atoms with E-state index in [2.05, 4.69) is 5.32 Å². The third-order valence-corrected chi connectivity index (χ3v) is 2.37. The third-order valence-electron chi connectivity index (χ3n) is 2.37. The second-order valence-corrected chi connectivity index (χ2v) is 3.67. The molecule has 1 unspecified atom stereocenters. The number of nitriles is 1. The van der Waals surface area contributed by atoms with Crippen molar-refractivity contribution in [3.8, 4) is 6.07 Å². The van der Waals surface area contributed by atoms with Crippen LogP contribution in [0, 0.1) is 11.3 Å². The van der Waals surface area contributed by atoms with Crippen molar-refractivity contribution >= 4 is 6.09 Å². The zero-order valence-electron chi connectivity index (χ0n) is 9.26. The lowest BCUT2D eigenvalue weighted by molar-refractivity contribution is 0.185. The van der Waals surface area contributed by atoms with Gasteiger partial charge in [0.25, 0.3) is 0 Å². The van der Waals surface area contributed by atoms with Crippen LogP contribution in [0.4, 0.5) is 4.79 Å². The summed E-state index contributed by atoms with van der Waals surface area (Å²) in [4.78, 5) is 10.5. The molecule has 90 valence electrons. The Balaban J connectivity index is 2.65. The van der Waals surface area contributed by atoms with Crippen LogP contribution in [0.15, 0.2) is 24.3 Å². The fraction of sp³-hybridized carbons (Fsp3) is 0.333. The Morgan fingerprint density at radius 1 is 1.41 bits per heavy atom. The van der Waals surface area contributed by atoms with E-state index in [1.807, 2.05) is 6.07 Å². The van der Waals surface area contributed by atoms with Gasteiger partial charge < -0.3 is 15.5 Å². The fourth-order valence-electron chi connectivity index (χ4n) is 1.56. The van der Waals surface area contributed by atoms with Gasteiger partial charge in [-0.25, -0.2) is 4.79 Å². The van der Waals surface area contributed by atoms with Crippen molar-refractivity contribution in [2.75, 3.05) is 6.61 Å². The summed E-state index contributed by atoms with van der Waals surface area (Å²) in [6.45, 7) is -0.0682. The van der Waals surface area contributed by atoms with E-state index in [4.69, 9.17) is 15.5 Å². The van der Waals surface area contributed by atoms with E-state index >= 15 is 0 Å². The van der Waals surface area contributed by atoms with Crippen LogP contribution in [0.3, 0.4) is 0 Å². The summed E-state index contributed by atoms with van der Waals surface area (Å²) < 4.78 is 0. The number of rotatable bonds is 5. The van der Waals surface area contributed by atoms with Gasteiger partial charge in [-0.3, -0.25) is 0 Å². The van der Waals surface area contributed by atoms with Gasteiger partial charge in [0.2, 0.25) is 0 Å². The highest BCUT2D eigenvalue weighted by Crippen LogP contribution is 2.08. The van der Waals surface area contributed by atoms with Crippen LogP contribution in [0.2, 0.25) is 0 Å². The number of aliphatic hydroxyl groups excluding tert-OH is 1. The first kappa shape index (κ1) is 13.0. The first-order valence-electron chi connectivity index (χ1n) is 5.25. The third kappa shape index (κ3) is 4.53. The number of aliphatic hydroxyl groups is 1. The number of carboxylic acid groups (broad SMARTS) is 1. The molecule has 0 aromatic heterocycles. The van der Waals surface area contributed by atoms with Gasteiger partial charge in [-0.05, 0) is 30.5 Å². The minimum Gasteiger partial charge on any atom is -0.465 e. The summed E-state index contributed by atoms with van der Waals surface area (Å²) in [5, 5.41) is 28.5. The molecule has 1 aromatic rings. The molecule has 1 amide bonds. The number of benzene rings is 1. The summed E-state index contributed by atoms with van der Waals surface area (Å²) in [6, 6.07) is 8.64. The minimum absolute atomic E-state index is 0.0682. The zero-order valence-corrected chi connectivity index (χ0v) is 9.26. The molecule has 0 saturated carbocycles. The summed E-state index contributed by atoms with van der Waals surface area (Å²) in [6.07, 6.45) is -0.234. The molecule has 0 saturated heterocycles. The van der Waals surface area contributed by atoms with Crippen molar-refractivity contribution in [3.05, 3.63) is 35.4 Å². The van der Waals surface area contributed by atoms with Crippen LogP contribution in [0.25, 0.3) is 0 Å². The largest absolute Gasteiger partial charge is 0.465 e. The molecule has 0 bridgehead atoms. The first-order chi connectivity index (χ1) is 8.15. The van der Waals surface area contributed by atoms with Crippen LogP contribution in [0.5, 0.6) is 0 Å². The van der Waals surface area contributed by atoms with Crippen molar-refractivity contribution in [2.24, 2.45) is 0 Å². The van der Waals surface area contributed by atoms with Gasteiger partial charge in [0.15, 0.2) is 0 Å². The number of nitrogens with zero attached hydrogens (tertiary/aromatic N) is 1. The number of hydrogen-bond acceptors (Lipinski definition) is 3. The van der Waals surface area contributed by atoms with Gasteiger partial charge in [-0.15, -0.1) is 0 Å². The van der Waals surface area contributed by atoms with Crippen molar-refractivity contribution < 1.29 is 15.0 Å². The van der Waals surface area contributed by atoms with Crippen molar-refractivity contribution in [2.45, 2.75) is 18.9 Å². The molecular weight excluding hydrogens is 220 g/mol. The molecule has 5 heteroatoms. The molecule has 0 heterocycles. The smallest absolute Gasteiger partial charge is 0.404 e. The van der Waals surface area contributed by atoms with Crippen molar-refractivity contribution in [1.29, 1.82) is 5.26 Å². The van der Waals surface area contributed by atoms with Crippen LogP contribution < -0.4 is 5.32 Å². The molecular formula is C12H14N2O3. The molecule has 0 aliphatic heterocycles. The maximum absolute atomic E-state index is 10.5. The molecule has 1 atom stereocenters. The van der Waals surface area contributed by atoms with Crippen molar-refractivity contribution in [3.63, 3.8) is 0 Å². The van der Waals surface area contributed by atoms with Crippen molar-refractivity contribution in [1.82, 2.24) is 5.32 Å². The van der Waals surface area contributed by atoms with Crippen LogP contribution in [-0.4, -0.2) is 29.0 Å². The number of hydrogen-bond donors (Lipinski definition) is 3. The maximum atomic E-state index is 10.5. The van der Waals surface area contributed by atoms with E-state index in [1.165, 1.54) is 0 Å². The molecule has 0 spiro atoms. The van der Waals surface area contributed by atoms with Gasteiger partial charge >= 0.3 is 6.09 Å². The molecule has 0 fully saturated rings. The van der Waals surface area contributed by atoms with Crippen LogP contribution in [0.1, 0.15) is 17.5 Å². The number of nitrogens with one attached hydrogen (secondary N) is 1. The van der Waals surface area contributed by atoms with E-state index in [0.29, 0.717) is 18.4 Å². The van der Waals surface area contributed by atoms with Gasteiger partial charge in [0.05, 0.1) is 11.6 Å². The highest BCUT2D eigenvalue weighted by Gasteiger charge is 2.11. The van der Waals surface area contributed by atoms with Crippen LogP contribution in [-0.2, 0) is 6.42 Å². The highest BCUT2D eigenvalue weighted by molar-refractivity contribution is 5.64. The van der Waals surface area contributed by atoms with E-state index in [9.17, 15) is 4.79 Å². The minimum atomic E-state index is -1.10. The first-order valence-corrected chi connectivity index (χ1v) is 5.25. The summed E-state index contributed by atoms with van der Waals surface area (Å²) in [7, 11) is 0. The summed E-state index contributed by atoms with van der Waals surface area (Å²) >= 11 is 0. The topological polar surface area (TPSA) is 93.4 Å². The van der Waals surface area contributed by atoms with E-state index in [1.54, 1.807) is 24.3 Å². The lowest BCUT2D eigenvalue weighted by atomic mass is 10.0. The molecule has 1 rings (SSSR count). The normalized spacial score (nSPS) is 11.5. The molecule has 17 heavy (non-hydrogen) atoms. The number of carbonyl (C=O) groups is 1. The number of amides is 1.